The van der Waals surface area contributed by atoms with Crippen molar-refractivity contribution < 1.29 is 29.3 Å². The number of esters is 2. The van der Waals surface area contributed by atoms with Gasteiger partial charge in [-0.1, -0.05) is 24.3 Å². The number of aliphatic hydroxyl groups excluding tert-OH is 2. The Morgan fingerprint density at radius 3 is 1.56 bits per heavy atom. The molecule has 0 bridgehead atoms. The van der Waals surface area contributed by atoms with Crippen LogP contribution in [0.15, 0.2) is 24.3 Å². The summed E-state index contributed by atoms with van der Waals surface area (Å²) in [4.78, 5) is 21.5. The molecule has 0 heterocycles. The molecule has 0 saturated heterocycles. The highest BCUT2D eigenvalue weighted by atomic mass is 16.5. The molecule has 0 amide bonds. The van der Waals surface area contributed by atoms with Crippen LogP contribution in [-0.4, -0.2) is 48.6 Å². The first-order valence-corrected chi connectivity index (χ1v) is 5.34. The van der Waals surface area contributed by atoms with Crippen LogP contribution in [0.5, 0.6) is 0 Å². The fraction of sp³-hybridized carbons (Fsp3) is 0.500. The predicted octanol–water partition coefficient (Wildman–Crippen LogP) is -0.0532. The van der Waals surface area contributed by atoms with Crippen LogP contribution < -0.4 is 0 Å². The molecule has 2 atom stereocenters. The summed E-state index contributed by atoms with van der Waals surface area (Å²) in [5.41, 5.74) is 0. The van der Waals surface area contributed by atoms with Crippen LogP contribution in [0.3, 0.4) is 0 Å². The molecule has 6 nitrogen and oxygen atoms in total. The summed E-state index contributed by atoms with van der Waals surface area (Å²) >= 11 is 0. The molecule has 0 aromatic heterocycles. The van der Waals surface area contributed by atoms with Crippen molar-refractivity contribution in [2.24, 2.45) is 0 Å². The van der Waals surface area contributed by atoms with Gasteiger partial charge in [-0.3, -0.25) is 9.59 Å². The van der Waals surface area contributed by atoms with Crippen LogP contribution in [0.2, 0.25) is 0 Å². The maximum atomic E-state index is 10.8. The number of aliphatic hydroxyl groups is 2. The molecule has 102 valence electrons. The van der Waals surface area contributed by atoms with Crippen molar-refractivity contribution in [3.63, 3.8) is 0 Å². The van der Waals surface area contributed by atoms with Gasteiger partial charge in [0.25, 0.3) is 0 Å². The molecule has 0 fully saturated rings. The number of carbonyl (C=O) groups excluding carboxylic acids is 2. The average Bonchev–Trinajstić information content (AvgIpc) is 2.37. The summed E-state index contributed by atoms with van der Waals surface area (Å²) in [7, 11) is 2.52. The van der Waals surface area contributed by atoms with E-state index < -0.39 is 24.1 Å². The second-order valence-corrected chi connectivity index (χ2v) is 3.40. The summed E-state index contributed by atoms with van der Waals surface area (Å²) in [5.74, 6) is -0.872. The molecule has 0 radical (unpaired) electrons. The van der Waals surface area contributed by atoms with E-state index in [2.05, 4.69) is 9.47 Å². The molecule has 0 aliphatic rings. The molecule has 0 rings (SSSR count). The third-order valence-corrected chi connectivity index (χ3v) is 2.04. The maximum Gasteiger partial charge on any atom is 0.309 e. The zero-order valence-corrected chi connectivity index (χ0v) is 10.4. The molecular weight excluding hydrogens is 240 g/mol. The highest BCUT2D eigenvalue weighted by Crippen LogP contribution is 2.00. The molecule has 2 N–H and O–H groups in total. The van der Waals surface area contributed by atoms with E-state index in [9.17, 15) is 19.8 Å². The standard InChI is InChI=1S/C12H18O6/c1-17-11(15)7-3-5-9(13)10(14)6-4-8-12(16)18-2/h3-6,9-10,13-14H,7-8H2,1-2H3/b5-3+,6-4+/t9-,10-/m1/s1. The van der Waals surface area contributed by atoms with Gasteiger partial charge in [0.2, 0.25) is 0 Å². The van der Waals surface area contributed by atoms with Gasteiger partial charge < -0.3 is 19.7 Å². The Hall–Kier alpha value is -1.66. The summed E-state index contributed by atoms with van der Waals surface area (Å²) in [5, 5.41) is 18.9. The van der Waals surface area contributed by atoms with Gasteiger partial charge in [0.05, 0.1) is 27.1 Å². The second kappa shape index (κ2) is 9.38. The normalized spacial score (nSPS) is 14.7. The molecule has 6 heteroatoms. The summed E-state index contributed by atoms with van der Waals surface area (Å²) in [6, 6.07) is 0. The lowest BCUT2D eigenvalue weighted by Gasteiger charge is -2.09. The van der Waals surface area contributed by atoms with Crippen LogP contribution in [0, 0.1) is 0 Å². The topological polar surface area (TPSA) is 93.1 Å². The largest absolute Gasteiger partial charge is 0.469 e. The van der Waals surface area contributed by atoms with Gasteiger partial charge >= 0.3 is 11.9 Å². The Morgan fingerprint density at radius 1 is 0.944 bits per heavy atom. The van der Waals surface area contributed by atoms with Gasteiger partial charge in [0.15, 0.2) is 0 Å². The Labute approximate surface area is 106 Å². The number of ether oxygens (including phenoxy) is 2. The number of hydrogen-bond acceptors (Lipinski definition) is 6. The van der Waals surface area contributed by atoms with Crippen LogP contribution in [0.1, 0.15) is 12.8 Å². The first kappa shape index (κ1) is 16.3. The van der Waals surface area contributed by atoms with Gasteiger partial charge in [-0.15, -0.1) is 0 Å². The van der Waals surface area contributed by atoms with Crippen molar-refractivity contribution in [2.45, 2.75) is 25.0 Å². The first-order chi connectivity index (χ1) is 8.51. The van der Waals surface area contributed by atoms with Crippen LogP contribution >= 0.6 is 0 Å². The highest BCUT2D eigenvalue weighted by Gasteiger charge is 2.09. The molecule has 0 aliphatic carbocycles. The quantitative estimate of drug-likeness (QED) is 0.491. The smallest absolute Gasteiger partial charge is 0.309 e. The van der Waals surface area contributed by atoms with Crippen molar-refractivity contribution in [1.82, 2.24) is 0 Å². The van der Waals surface area contributed by atoms with Crippen LogP contribution in [-0.2, 0) is 19.1 Å². The van der Waals surface area contributed by atoms with E-state index in [1.165, 1.54) is 38.5 Å². The van der Waals surface area contributed by atoms with Gasteiger partial charge in [0, 0.05) is 0 Å². The maximum absolute atomic E-state index is 10.8. The van der Waals surface area contributed by atoms with Gasteiger partial charge in [-0.2, -0.15) is 0 Å². The minimum absolute atomic E-state index is 0.0200. The monoisotopic (exact) mass is 258 g/mol. The number of hydrogen-bond donors (Lipinski definition) is 2. The molecule has 0 aliphatic heterocycles. The molecule has 0 spiro atoms. The molecule has 0 unspecified atom stereocenters. The van der Waals surface area contributed by atoms with E-state index >= 15 is 0 Å². The molecule has 0 aromatic rings. The lowest BCUT2D eigenvalue weighted by molar-refractivity contribution is -0.140. The van der Waals surface area contributed by atoms with Crippen molar-refractivity contribution in [1.29, 1.82) is 0 Å². The van der Waals surface area contributed by atoms with Crippen molar-refractivity contribution in [2.75, 3.05) is 14.2 Å². The van der Waals surface area contributed by atoms with Gasteiger partial charge in [-0.05, 0) is 0 Å². The zero-order chi connectivity index (χ0) is 14.0. The van der Waals surface area contributed by atoms with Crippen LogP contribution in [0.4, 0.5) is 0 Å². The van der Waals surface area contributed by atoms with Crippen molar-refractivity contribution in [3.8, 4) is 0 Å². The summed E-state index contributed by atoms with van der Waals surface area (Å²) in [6.45, 7) is 0. The van der Waals surface area contributed by atoms with E-state index in [1.807, 2.05) is 0 Å². The number of methoxy groups -OCH3 is 2. The van der Waals surface area contributed by atoms with E-state index in [-0.39, 0.29) is 12.8 Å². The summed E-state index contributed by atoms with van der Waals surface area (Å²) in [6.07, 6.45) is 3.10. The molecule has 0 saturated carbocycles. The van der Waals surface area contributed by atoms with Crippen molar-refractivity contribution in [3.05, 3.63) is 24.3 Å². The molecule has 18 heavy (non-hydrogen) atoms. The number of rotatable bonds is 7. The summed E-state index contributed by atoms with van der Waals surface area (Å²) < 4.78 is 8.79. The fourth-order valence-corrected chi connectivity index (χ4v) is 1.00. The van der Waals surface area contributed by atoms with Crippen LogP contribution in [0.25, 0.3) is 0 Å². The van der Waals surface area contributed by atoms with Crippen molar-refractivity contribution >= 4 is 11.9 Å². The Balaban J connectivity index is 4.05. The third kappa shape index (κ3) is 7.59. The van der Waals surface area contributed by atoms with E-state index in [0.29, 0.717) is 0 Å². The number of carbonyl (C=O) groups is 2. The average molecular weight is 258 g/mol. The Morgan fingerprint density at radius 2 is 1.28 bits per heavy atom. The SMILES string of the molecule is COC(=O)C/C=C/[C@@H](O)[C@H](O)/C=C/CC(=O)OC. The van der Waals surface area contributed by atoms with Gasteiger partial charge in [0.1, 0.15) is 12.2 Å². The third-order valence-electron chi connectivity index (χ3n) is 2.04. The second-order valence-electron chi connectivity index (χ2n) is 3.40. The predicted molar refractivity (Wildman–Crippen MR) is 63.6 cm³/mol. The fourth-order valence-electron chi connectivity index (χ4n) is 1.00. The minimum Gasteiger partial charge on any atom is -0.469 e. The van der Waals surface area contributed by atoms with E-state index in [0.717, 1.165) is 0 Å². The first-order valence-electron chi connectivity index (χ1n) is 5.34. The van der Waals surface area contributed by atoms with Gasteiger partial charge in [-0.25, -0.2) is 0 Å². The van der Waals surface area contributed by atoms with E-state index in [1.54, 1.807) is 0 Å². The Bertz CT molecular complexity index is 289. The lowest BCUT2D eigenvalue weighted by atomic mass is 10.1. The molecule has 0 aromatic carbocycles. The highest BCUT2D eigenvalue weighted by molar-refractivity contribution is 5.71. The Kier molecular flexibility index (Phi) is 8.51. The molecular formula is C12H18O6. The minimum atomic E-state index is -1.15. The van der Waals surface area contributed by atoms with E-state index in [4.69, 9.17) is 0 Å². The lowest BCUT2D eigenvalue weighted by Crippen LogP contribution is -2.21. The zero-order valence-electron chi connectivity index (χ0n) is 10.4.